The van der Waals surface area contributed by atoms with Crippen molar-refractivity contribution in [2.45, 2.75) is 18.4 Å². The van der Waals surface area contributed by atoms with Crippen LogP contribution in [0.15, 0.2) is 12.1 Å². The van der Waals surface area contributed by atoms with Crippen LogP contribution in [0.3, 0.4) is 0 Å². The Kier molecular flexibility index (Phi) is 2.52. The van der Waals surface area contributed by atoms with Crippen LogP contribution in [0, 0.1) is 0 Å². The van der Waals surface area contributed by atoms with Gasteiger partial charge in [0, 0.05) is 5.54 Å². The van der Waals surface area contributed by atoms with Crippen LogP contribution < -0.4 is 15.2 Å². The molecule has 0 radical (unpaired) electrons. The summed E-state index contributed by atoms with van der Waals surface area (Å²) in [6, 6.07) is 3.76. The van der Waals surface area contributed by atoms with E-state index in [-0.39, 0.29) is 5.54 Å². The summed E-state index contributed by atoms with van der Waals surface area (Å²) in [4.78, 5) is 0. The molecule has 0 amide bonds. The van der Waals surface area contributed by atoms with Crippen LogP contribution in [0.2, 0.25) is 5.02 Å². The third kappa shape index (κ3) is 1.77. The maximum atomic E-state index is 6.10. The fourth-order valence-electron chi connectivity index (χ4n) is 1.63. The van der Waals surface area contributed by atoms with Crippen molar-refractivity contribution in [1.82, 2.24) is 0 Å². The second-order valence-corrected chi connectivity index (χ2v) is 4.26. The maximum absolute atomic E-state index is 6.10. The van der Waals surface area contributed by atoms with Crippen molar-refractivity contribution in [3.8, 4) is 11.5 Å². The topological polar surface area (TPSA) is 44.5 Å². The van der Waals surface area contributed by atoms with Gasteiger partial charge in [-0.25, -0.2) is 0 Å². The van der Waals surface area contributed by atoms with Gasteiger partial charge in [-0.3, -0.25) is 0 Å². The first-order valence-electron chi connectivity index (χ1n) is 4.81. The SMILES string of the molecule is COc1cc(C2(N)CC2)cc(Cl)c1OC. The summed E-state index contributed by atoms with van der Waals surface area (Å²) in [5.41, 5.74) is 6.91. The molecule has 0 spiro atoms. The van der Waals surface area contributed by atoms with E-state index in [1.807, 2.05) is 12.1 Å². The molecule has 82 valence electrons. The minimum Gasteiger partial charge on any atom is -0.493 e. The standard InChI is InChI=1S/C11H14ClNO2/c1-14-9-6-7(11(13)3-4-11)5-8(12)10(9)15-2/h5-6H,3-4,13H2,1-2H3. The Morgan fingerprint density at radius 1 is 1.27 bits per heavy atom. The van der Waals surface area contributed by atoms with E-state index in [1.165, 1.54) is 0 Å². The number of nitrogens with two attached hydrogens (primary N) is 1. The molecule has 0 atom stereocenters. The predicted molar refractivity (Wildman–Crippen MR) is 59.7 cm³/mol. The molecule has 1 aliphatic rings. The van der Waals surface area contributed by atoms with E-state index in [2.05, 4.69) is 0 Å². The Balaban J connectivity index is 2.48. The van der Waals surface area contributed by atoms with E-state index in [4.69, 9.17) is 26.8 Å². The number of rotatable bonds is 3. The normalized spacial score (nSPS) is 17.3. The van der Waals surface area contributed by atoms with Gasteiger partial charge in [0.1, 0.15) is 0 Å². The molecule has 1 aliphatic carbocycles. The first-order valence-corrected chi connectivity index (χ1v) is 5.19. The molecule has 0 bridgehead atoms. The van der Waals surface area contributed by atoms with Crippen LogP contribution in [-0.2, 0) is 5.54 Å². The molecular formula is C11H14ClNO2. The number of hydrogen-bond donors (Lipinski definition) is 1. The monoisotopic (exact) mass is 227 g/mol. The lowest BCUT2D eigenvalue weighted by atomic mass is 10.1. The zero-order valence-corrected chi connectivity index (χ0v) is 9.60. The van der Waals surface area contributed by atoms with Gasteiger partial charge in [-0.15, -0.1) is 0 Å². The van der Waals surface area contributed by atoms with Crippen molar-refractivity contribution in [2.75, 3.05) is 14.2 Å². The summed E-state index contributed by atoms with van der Waals surface area (Å²) >= 11 is 6.09. The third-order valence-electron chi connectivity index (χ3n) is 2.80. The second kappa shape index (κ2) is 3.58. The quantitative estimate of drug-likeness (QED) is 0.862. The van der Waals surface area contributed by atoms with Gasteiger partial charge in [0.25, 0.3) is 0 Å². The van der Waals surface area contributed by atoms with Gasteiger partial charge >= 0.3 is 0 Å². The van der Waals surface area contributed by atoms with E-state index in [9.17, 15) is 0 Å². The Morgan fingerprint density at radius 2 is 1.93 bits per heavy atom. The highest BCUT2D eigenvalue weighted by molar-refractivity contribution is 6.32. The van der Waals surface area contributed by atoms with Crippen LogP contribution in [0.4, 0.5) is 0 Å². The summed E-state index contributed by atoms with van der Waals surface area (Å²) in [7, 11) is 3.16. The molecule has 0 aromatic heterocycles. The van der Waals surface area contributed by atoms with E-state index >= 15 is 0 Å². The van der Waals surface area contributed by atoms with E-state index in [0.717, 1.165) is 18.4 Å². The summed E-state index contributed by atoms with van der Waals surface area (Å²) in [5, 5.41) is 0.545. The van der Waals surface area contributed by atoms with Crippen LogP contribution in [0.1, 0.15) is 18.4 Å². The van der Waals surface area contributed by atoms with Crippen molar-refractivity contribution in [1.29, 1.82) is 0 Å². The van der Waals surface area contributed by atoms with E-state index < -0.39 is 0 Å². The van der Waals surface area contributed by atoms with Crippen molar-refractivity contribution in [2.24, 2.45) is 5.73 Å². The molecule has 2 rings (SSSR count). The van der Waals surface area contributed by atoms with Gasteiger partial charge in [-0.2, -0.15) is 0 Å². The number of halogens is 1. The molecule has 4 heteroatoms. The summed E-state index contributed by atoms with van der Waals surface area (Å²) in [5.74, 6) is 1.20. The molecule has 15 heavy (non-hydrogen) atoms. The van der Waals surface area contributed by atoms with Crippen LogP contribution >= 0.6 is 11.6 Å². The second-order valence-electron chi connectivity index (χ2n) is 3.85. The Bertz CT molecular complexity index is 388. The maximum Gasteiger partial charge on any atom is 0.179 e. The van der Waals surface area contributed by atoms with Gasteiger partial charge in [0.2, 0.25) is 0 Å². The van der Waals surface area contributed by atoms with E-state index in [1.54, 1.807) is 14.2 Å². The first kappa shape index (κ1) is 10.6. The third-order valence-corrected chi connectivity index (χ3v) is 3.08. The lowest BCUT2D eigenvalue weighted by molar-refractivity contribution is 0.354. The first-order chi connectivity index (χ1) is 7.10. The van der Waals surface area contributed by atoms with Gasteiger partial charge < -0.3 is 15.2 Å². The lowest BCUT2D eigenvalue weighted by Gasteiger charge is -2.15. The average molecular weight is 228 g/mol. The van der Waals surface area contributed by atoms with Gasteiger partial charge in [0.05, 0.1) is 19.2 Å². The number of hydrogen-bond acceptors (Lipinski definition) is 3. The fraction of sp³-hybridized carbons (Fsp3) is 0.455. The van der Waals surface area contributed by atoms with E-state index in [0.29, 0.717) is 16.5 Å². The molecule has 2 N–H and O–H groups in total. The van der Waals surface area contributed by atoms with Crippen molar-refractivity contribution in [3.63, 3.8) is 0 Å². The van der Waals surface area contributed by atoms with Crippen LogP contribution in [0.5, 0.6) is 11.5 Å². The zero-order chi connectivity index (χ0) is 11.1. The molecule has 1 aromatic carbocycles. The number of benzene rings is 1. The summed E-state index contributed by atoms with van der Waals surface area (Å²) in [6.07, 6.45) is 2.00. The number of methoxy groups -OCH3 is 2. The van der Waals surface area contributed by atoms with Crippen molar-refractivity contribution >= 4 is 11.6 Å². The lowest BCUT2D eigenvalue weighted by Crippen LogP contribution is -2.18. The predicted octanol–water partition coefficient (Wildman–Crippen LogP) is 2.31. The van der Waals surface area contributed by atoms with Crippen LogP contribution in [-0.4, -0.2) is 14.2 Å². The summed E-state index contributed by atoms with van der Waals surface area (Å²) in [6.45, 7) is 0. The molecule has 1 fully saturated rings. The molecule has 1 saturated carbocycles. The molecule has 3 nitrogen and oxygen atoms in total. The molecular weight excluding hydrogens is 214 g/mol. The van der Waals surface area contributed by atoms with Crippen LogP contribution in [0.25, 0.3) is 0 Å². The smallest absolute Gasteiger partial charge is 0.179 e. The highest BCUT2D eigenvalue weighted by atomic mass is 35.5. The van der Waals surface area contributed by atoms with Gasteiger partial charge in [0.15, 0.2) is 11.5 Å². The van der Waals surface area contributed by atoms with Gasteiger partial charge in [-0.1, -0.05) is 11.6 Å². The number of ether oxygens (including phenoxy) is 2. The minimum absolute atomic E-state index is 0.205. The van der Waals surface area contributed by atoms with Gasteiger partial charge in [-0.05, 0) is 30.5 Å². The summed E-state index contributed by atoms with van der Waals surface area (Å²) < 4.78 is 10.4. The highest BCUT2D eigenvalue weighted by Crippen LogP contribution is 2.47. The molecule has 0 unspecified atom stereocenters. The largest absolute Gasteiger partial charge is 0.493 e. The van der Waals surface area contributed by atoms with Crippen molar-refractivity contribution < 1.29 is 9.47 Å². The fourth-order valence-corrected chi connectivity index (χ4v) is 1.92. The molecule has 1 aromatic rings. The molecule has 0 saturated heterocycles. The zero-order valence-electron chi connectivity index (χ0n) is 8.84. The Morgan fingerprint density at radius 3 is 2.40 bits per heavy atom. The average Bonchev–Trinajstić information content (AvgIpc) is 2.96. The Hall–Kier alpha value is -0.930. The molecule has 0 heterocycles. The molecule has 0 aliphatic heterocycles. The Labute approximate surface area is 94.1 Å². The minimum atomic E-state index is -0.205. The highest BCUT2D eigenvalue weighted by Gasteiger charge is 2.40. The van der Waals surface area contributed by atoms with Crippen molar-refractivity contribution in [3.05, 3.63) is 22.7 Å².